The molecule has 23 heavy (non-hydrogen) atoms. The molecule has 1 heterocycles. The molecule has 4 nitrogen and oxygen atoms in total. The number of ether oxygens (including phenoxy) is 1. The lowest BCUT2D eigenvalue weighted by Crippen LogP contribution is -1.97. The highest BCUT2D eigenvalue weighted by atomic mass is 16.5. The zero-order chi connectivity index (χ0) is 16.6. The first-order valence-corrected chi connectivity index (χ1v) is 7.46. The number of hydrogen-bond acceptors (Lipinski definition) is 3. The molecular formula is C19H18O4. The van der Waals surface area contributed by atoms with Gasteiger partial charge in [-0.1, -0.05) is 38.1 Å². The van der Waals surface area contributed by atoms with Gasteiger partial charge in [-0.25, -0.2) is 4.79 Å². The molecule has 0 saturated carbocycles. The summed E-state index contributed by atoms with van der Waals surface area (Å²) in [4.78, 5) is 11.5. The Balaban J connectivity index is 2.29. The van der Waals surface area contributed by atoms with Crippen LogP contribution >= 0.6 is 0 Å². The molecule has 0 radical (unpaired) electrons. The quantitative estimate of drug-likeness (QED) is 0.742. The van der Waals surface area contributed by atoms with Crippen molar-refractivity contribution in [2.24, 2.45) is 0 Å². The lowest BCUT2D eigenvalue weighted by molar-refractivity contribution is 0.0699. The van der Waals surface area contributed by atoms with Gasteiger partial charge in [0.25, 0.3) is 0 Å². The Kier molecular flexibility index (Phi) is 3.82. The largest absolute Gasteiger partial charge is 0.493 e. The molecule has 2 aromatic carbocycles. The fraction of sp³-hybridized carbons (Fsp3) is 0.211. The van der Waals surface area contributed by atoms with Gasteiger partial charge in [0.15, 0.2) is 11.3 Å². The van der Waals surface area contributed by atoms with Gasteiger partial charge in [0, 0.05) is 10.9 Å². The van der Waals surface area contributed by atoms with Gasteiger partial charge < -0.3 is 14.3 Å². The van der Waals surface area contributed by atoms with Crippen molar-refractivity contribution in [2.75, 3.05) is 7.11 Å². The Morgan fingerprint density at radius 3 is 2.57 bits per heavy atom. The van der Waals surface area contributed by atoms with Crippen LogP contribution in [0.1, 0.15) is 35.7 Å². The smallest absolute Gasteiger partial charge is 0.336 e. The zero-order valence-electron chi connectivity index (χ0n) is 13.3. The molecule has 0 aliphatic rings. The van der Waals surface area contributed by atoms with Crippen LogP contribution in [0.5, 0.6) is 5.75 Å². The van der Waals surface area contributed by atoms with Crippen molar-refractivity contribution in [3.05, 3.63) is 53.6 Å². The van der Waals surface area contributed by atoms with Crippen molar-refractivity contribution in [1.29, 1.82) is 0 Å². The Hall–Kier alpha value is -2.75. The molecule has 3 aromatic rings. The summed E-state index contributed by atoms with van der Waals surface area (Å²) >= 11 is 0. The minimum absolute atomic E-state index is 0.206. The number of methoxy groups -OCH3 is 1. The fourth-order valence-corrected chi connectivity index (χ4v) is 2.80. The molecule has 0 saturated heterocycles. The number of aromatic carboxylic acids is 1. The highest BCUT2D eigenvalue weighted by Crippen LogP contribution is 2.38. The van der Waals surface area contributed by atoms with E-state index in [9.17, 15) is 9.90 Å². The second kappa shape index (κ2) is 5.80. The van der Waals surface area contributed by atoms with Crippen molar-refractivity contribution in [3.63, 3.8) is 0 Å². The molecule has 0 amide bonds. The standard InChI is InChI=1S/C19H18O4/c1-11(2)12-6-4-5-7-13(12)17-10-15-14(19(20)21)8-9-16(22-3)18(15)23-17/h4-11H,1-3H3,(H,20,21). The van der Waals surface area contributed by atoms with E-state index >= 15 is 0 Å². The SMILES string of the molecule is COc1ccc(C(=O)O)c2cc(-c3ccccc3C(C)C)oc12. The van der Waals surface area contributed by atoms with E-state index in [1.54, 1.807) is 19.2 Å². The number of hydrogen-bond donors (Lipinski definition) is 1. The van der Waals surface area contributed by atoms with Crippen molar-refractivity contribution < 1.29 is 19.1 Å². The summed E-state index contributed by atoms with van der Waals surface area (Å²) in [5, 5.41) is 9.93. The van der Waals surface area contributed by atoms with E-state index in [2.05, 4.69) is 19.9 Å². The van der Waals surface area contributed by atoms with Gasteiger partial charge in [0.05, 0.1) is 12.7 Å². The van der Waals surface area contributed by atoms with E-state index in [0.717, 1.165) is 11.1 Å². The third-order valence-electron chi connectivity index (χ3n) is 3.95. The van der Waals surface area contributed by atoms with E-state index in [1.165, 1.54) is 6.07 Å². The first kappa shape index (κ1) is 15.2. The van der Waals surface area contributed by atoms with Crippen molar-refractivity contribution in [3.8, 4) is 17.1 Å². The average Bonchev–Trinajstić information content (AvgIpc) is 2.98. The molecular weight excluding hydrogens is 292 g/mol. The zero-order valence-corrected chi connectivity index (χ0v) is 13.3. The number of carboxylic acids is 1. The van der Waals surface area contributed by atoms with E-state index in [1.807, 2.05) is 18.2 Å². The highest BCUT2D eigenvalue weighted by molar-refractivity contribution is 6.05. The molecule has 3 rings (SSSR count). The lowest BCUT2D eigenvalue weighted by Gasteiger charge is -2.10. The molecule has 1 N–H and O–H groups in total. The van der Waals surface area contributed by atoms with Crippen molar-refractivity contribution in [2.45, 2.75) is 19.8 Å². The monoisotopic (exact) mass is 310 g/mol. The number of carboxylic acid groups (broad SMARTS) is 1. The number of rotatable bonds is 4. The number of carbonyl (C=O) groups is 1. The van der Waals surface area contributed by atoms with Crippen LogP contribution < -0.4 is 4.74 Å². The van der Waals surface area contributed by atoms with Crippen molar-refractivity contribution in [1.82, 2.24) is 0 Å². The Morgan fingerprint density at radius 2 is 1.91 bits per heavy atom. The normalized spacial score (nSPS) is 11.1. The summed E-state index contributed by atoms with van der Waals surface area (Å²) in [5.41, 5.74) is 2.79. The van der Waals surface area contributed by atoms with Gasteiger partial charge in [-0.3, -0.25) is 0 Å². The van der Waals surface area contributed by atoms with Crippen LogP contribution in [0.2, 0.25) is 0 Å². The van der Waals surface area contributed by atoms with Crippen LogP contribution in [0.4, 0.5) is 0 Å². The summed E-state index contributed by atoms with van der Waals surface area (Å²) in [6.07, 6.45) is 0. The highest BCUT2D eigenvalue weighted by Gasteiger charge is 2.19. The first-order valence-electron chi connectivity index (χ1n) is 7.46. The third kappa shape index (κ3) is 2.57. The Bertz CT molecular complexity index is 874. The molecule has 4 heteroatoms. The maximum atomic E-state index is 11.5. The molecule has 0 aliphatic carbocycles. The summed E-state index contributed by atoms with van der Waals surface area (Å²) in [6.45, 7) is 4.23. The van der Waals surface area contributed by atoms with E-state index < -0.39 is 5.97 Å². The first-order chi connectivity index (χ1) is 11.0. The molecule has 0 bridgehead atoms. The second-order valence-electron chi connectivity index (χ2n) is 5.72. The molecule has 0 atom stereocenters. The van der Waals surface area contributed by atoms with Gasteiger partial charge in [-0.2, -0.15) is 0 Å². The van der Waals surface area contributed by atoms with Gasteiger partial charge in [0.2, 0.25) is 0 Å². The van der Waals surface area contributed by atoms with Crippen LogP contribution in [-0.2, 0) is 0 Å². The minimum atomic E-state index is -0.984. The molecule has 118 valence electrons. The van der Waals surface area contributed by atoms with Crippen LogP contribution in [0.15, 0.2) is 46.9 Å². The number of fused-ring (bicyclic) bond motifs is 1. The van der Waals surface area contributed by atoms with Crippen LogP contribution in [0.3, 0.4) is 0 Å². The minimum Gasteiger partial charge on any atom is -0.493 e. The Labute approximate surface area is 134 Å². The van der Waals surface area contributed by atoms with Crippen LogP contribution in [-0.4, -0.2) is 18.2 Å². The second-order valence-corrected chi connectivity index (χ2v) is 5.72. The maximum Gasteiger partial charge on any atom is 0.336 e. The van der Waals surface area contributed by atoms with Gasteiger partial charge in [0.1, 0.15) is 5.76 Å². The summed E-state index contributed by atoms with van der Waals surface area (Å²) in [7, 11) is 1.54. The predicted octanol–water partition coefficient (Wildman–Crippen LogP) is 4.93. The predicted molar refractivity (Wildman–Crippen MR) is 89.3 cm³/mol. The van der Waals surface area contributed by atoms with Crippen LogP contribution in [0, 0.1) is 0 Å². The fourth-order valence-electron chi connectivity index (χ4n) is 2.80. The Morgan fingerprint density at radius 1 is 1.17 bits per heavy atom. The maximum absolute atomic E-state index is 11.5. The molecule has 0 spiro atoms. The lowest BCUT2D eigenvalue weighted by atomic mass is 9.95. The van der Waals surface area contributed by atoms with E-state index in [0.29, 0.717) is 28.4 Å². The van der Waals surface area contributed by atoms with Crippen LogP contribution in [0.25, 0.3) is 22.3 Å². The summed E-state index contributed by atoms with van der Waals surface area (Å²) < 4.78 is 11.3. The van der Waals surface area contributed by atoms with E-state index in [-0.39, 0.29) is 5.56 Å². The third-order valence-corrected chi connectivity index (χ3v) is 3.95. The van der Waals surface area contributed by atoms with Gasteiger partial charge in [-0.15, -0.1) is 0 Å². The van der Waals surface area contributed by atoms with Crippen molar-refractivity contribution >= 4 is 16.9 Å². The molecule has 1 aromatic heterocycles. The molecule has 0 fully saturated rings. The summed E-state index contributed by atoms with van der Waals surface area (Å²) in [6, 6.07) is 12.9. The summed E-state index contributed by atoms with van der Waals surface area (Å²) in [5.74, 6) is 0.525. The van der Waals surface area contributed by atoms with Gasteiger partial charge in [-0.05, 0) is 29.7 Å². The number of benzene rings is 2. The molecule has 0 unspecified atom stereocenters. The number of furan rings is 1. The van der Waals surface area contributed by atoms with E-state index in [4.69, 9.17) is 9.15 Å². The average molecular weight is 310 g/mol. The topological polar surface area (TPSA) is 59.7 Å². The van der Waals surface area contributed by atoms with Gasteiger partial charge >= 0.3 is 5.97 Å². The molecule has 0 aliphatic heterocycles.